The number of anilines is 2. The van der Waals surface area contributed by atoms with E-state index in [0.29, 0.717) is 12.6 Å². The van der Waals surface area contributed by atoms with Crippen LogP contribution in [0.2, 0.25) is 0 Å². The van der Waals surface area contributed by atoms with Crippen molar-refractivity contribution in [2.24, 2.45) is 0 Å². The summed E-state index contributed by atoms with van der Waals surface area (Å²) in [6.07, 6.45) is 1.36. The van der Waals surface area contributed by atoms with Crippen LogP contribution in [0.15, 0.2) is 34.9 Å². The molecule has 0 saturated carbocycles. The number of carbonyl (C=O) groups is 1. The smallest absolute Gasteiger partial charge is 0.360 e. The number of piperazine rings is 1. The third-order valence-electron chi connectivity index (χ3n) is 4.29. The topological polar surface area (TPSA) is 68.0 Å². The van der Waals surface area contributed by atoms with E-state index >= 15 is 0 Å². The van der Waals surface area contributed by atoms with Crippen LogP contribution in [0.4, 0.5) is 11.7 Å². The molecule has 1 aliphatic heterocycles. The summed E-state index contributed by atoms with van der Waals surface area (Å²) in [5, 5.41) is 0. The molecule has 1 atom stereocenters. The second-order valence-electron chi connectivity index (χ2n) is 5.92. The first-order valence-corrected chi connectivity index (χ1v) is 8.40. The number of rotatable bonds is 5. The summed E-state index contributed by atoms with van der Waals surface area (Å²) in [5.41, 5.74) is 1.37. The Labute approximate surface area is 147 Å². The van der Waals surface area contributed by atoms with Gasteiger partial charge in [0.05, 0.1) is 13.7 Å². The van der Waals surface area contributed by atoms with Crippen LogP contribution in [0.5, 0.6) is 5.75 Å². The van der Waals surface area contributed by atoms with Crippen molar-refractivity contribution in [3.8, 4) is 5.75 Å². The van der Waals surface area contributed by atoms with Gasteiger partial charge in [0.2, 0.25) is 0 Å². The van der Waals surface area contributed by atoms with Gasteiger partial charge in [0.15, 0.2) is 5.69 Å². The number of oxazole rings is 1. The zero-order chi connectivity index (χ0) is 17.8. The minimum Gasteiger partial charge on any atom is -0.497 e. The molecule has 7 nitrogen and oxygen atoms in total. The number of methoxy groups -OCH3 is 1. The summed E-state index contributed by atoms with van der Waals surface area (Å²) in [4.78, 5) is 20.4. The maximum Gasteiger partial charge on any atom is 0.360 e. The molecule has 1 aromatic heterocycles. The van der Waals surface area contributed by atoms with Crippen LogP contribution >= 0.6 is 0 Å². The summed E-state index contributed by atoms with van der Waals surface area (Å²) in [5.74, 6) is 0.392. The third kappa shape index (κ3) is 3.70. The largest absolute Gasteiger partial charge is 0.497 e. The van der Waals surface area contributed by atoms with Crippen molar-refractivity contribution in [1.82, 2.24) is 4.98 Å². The van der Waals surface area contributed by atoms with Gasteiger partial charge in [-0.2, -0.15) is 4.98 Å². The molecule has 1 aromatic carbocycles. The molecule has 134 valence electrons. The monoisotopic (exact) mass is 345 g/mol. The molecule has 25 heavy (non-hydrogen) atoms. The number of nitrogens with zero attached hydrogens (tertiary/aromatic N) is 3. The van der Waals surface area contributed by atoms with Crippen molar-refractivity contribution in [2.45, 2.75) is 19.9 Å². The molecule has 1 aliphatic rings. The molecule has 0 aliphatic carbocycles. The first-order chi connectivity index (χ1) is 12.1. The second-order valence-corrected chi connectivity index (χ2v) is 5.92. The number of esters is 1. The highest BCUT2D eigenvalue weighted by molar-refractivity contribution is 5.87. The molecule has 0 bridgehead atoms. The average Bonchev–Trinajstić information content (AvgIpc) is 3.12. The van der Waals surface area contributed by atoms with E-state index in [4.69, 9.17) is 13.9 Å². The van der Waals surface area contributed by atoms with E-state index in [0.717, 1.165) is 31.1 Å². The Kier molecular flexibility index (Phi) is 5.11. The maximum absolute atomic E-state index is 11.7. The first-order valence-electron chi connectivity index (χ1n) is 8.40. The van der Waals surface area contributed by atoms with Crippen LogP contribution in [-0.4, -0.2) is 50.3 Å². The van der Waals surface area contributed by atoms with E-state index in [-0.39, 0.29) is 11.7 Å². The summed E-state index contributed by atoms with van der Waals surface area (Å²) in [7, 11) is 1.66. The van der Waals surface area contributed by atoms with Crippen LogP contribution in [-0.2, 0) is 4.74 Å². The molecule has 0 radical (unpaired) electrons. The van der Waals surface area contributed by atoms with E-state index in [1.165, 1.54) is 6.26 Å². The third-order valence-corrected chi connectivity index (χ3v) is 4.29. The molecule has 2 heterocycles. The molecule has 1 unspecified atom stereocenters. The second kappa shape index (κ2) is 7.46. The molecule has 1 fully saturated rings. The van der Waals surface area contributed by atoms with Crippen LogP contribution in [0.1, 0.15) is 24.3 Å². The van der Waals surface area contributed by atoms with Gasteiger partial charge in [0.1, 0.15) is 12.0 Å². The summed E-state index contributed by atoms with van der Waals surface area (Å²) in [6.45, 7) is 6.63. The van der Waals surface area contributed by atoms with Gasteiger partial charge >= 0.3 is 5.97 Å². The fraction of sp³-hybridized carbons (Fsp3) is 0.444. The van der Waals surface area contributed by atoms with Crippen molar-refractivity contribution in [1.29, 1.82) is 0 Å². The zero-order valence-electron chi connectivity index (χ0n) is 14.8. The summed E-state index contributed by atoms with van der Waals surface area (Å²) < 4.78 is 15.6. The number of benzene rings is 1. The normalized spacial score (nSPS) is 17.5. The van der Waals surface area contributed by atoms with Crippen molar-refractivity contribution in [3.05, 3.63) is 36.2 Å². The standard InChI is InChI=1S/C18H23N3O4/c1-4-24-17(22)16-12-25-18(19-16)21-10-9-20(11-13(21)2)14-5-7-15(23-3)8-6-14/h5-8,12-13H,4,9-11H2,1-3H3. The number of hydrogen-bond donors (Lipinski definition) is 0. The fourth-order valence-electron chi connectivity index (χ4n) is 2.96. The molecule has 0 amide bonds. The van der Waals surface area contributed by atoms with Crippen molar-refractivity contribution in [3.63, 3.8) is 0 Å². The van der Waals surface area contributed by atoms with Gasteiger partial charge in [0, 0.05) is 31.4 Å². The Morgan fingerprint density at radius 3 is 2.72 bits per heavy atom. The van der Waals surface area contributed by atoms with Crippen LogP contribution in [0.3, 0.4) is 0 Å². The van der Waals surface area contributed by atoms with E-state index < -0.39 is 5.97 Å². The van der Waals surface area contributed by atoms with Gasteiger partial charge in [-0.25, -0.2) is 4.79 Å². The van der Waals surface area contributed by atoms with Crippen molar-refractivity contribution in [2.75, 3.05) is 43.2 Å². The molecular formula is C18H23N3O4. The lowest BCUT2D eigenvalue weighted by molar-refractivity contribution is 0.0519. The molecular weight excluding hydrogens is 322 g/mol. The number of carbonyl (C=O) groups excluding carboxylic acids is 1. The first kappa shape index (κ1) is 17.1. The van der Waals surface area contributed by atoms with E-state index in [1.807, 2.05) is 12.1 Å². The SMILES string of the molecule is CCOC(=O)c1coc(N2CCN(c3ccc(OC)cc3)CC2C)n1. The minimum atomic E-state index is -0.456. The Balaban J connectivity index is 1.66. The summed E-state index contributed by atoms with van der Waals surface area (Å²) in [6, 6.07) is 8.71. The van der Waals surface area contributed by atoms with Gasteiger partial charge in [-0.05, 0) is 38.1 Å². The zero-order valence-corrected chi connectivity index (χ0v) is 14.8. The Morgan fingerprint density at radius 1 is 1.32 bits per heavy atom. The molecule has 0 spiro atoms. The summed E-state index contributed by atoms with van der Waals surface area (Å²) >= 11 is 0. The average molecular weight is 345 g/mol. The van der Waals surface area contributed by atoms with Crippen LogP contribution in [0.25, 0.3) is 0 Å². The van der Waals surface area contributed by atoms with Gasteiger partial charge in [-0.15, -0.1) is 0 Å². The van der Waals surface area contributed by atoms with E-state index in [2.05, 4.69) is 33.8 Å². The molecule has 1 saturated heterocycles. The van der Waals surface area contributed by atoms with Crippen LogP contribution in [0, 0.1) is 0 Å². The molecule has 7 heteroatoms. The van der Waals surface area contributed by atoms with Gasteiger partial charge in [0.25, 0.3) is 6.01 Å². The highest BCUT2D eigenvalue weighted by Gasteiger charge is 2.28. The number of hydrogen-bond acceptors (Lipinski definition) is 7. The van der Waals surface area contributed by atoms with Gasteiger partial charge in [-0.3, -0.25) is 0 Å². The van der Waals surface area contributed by atoms with Gasteiger partial charge in [-0.1, -0.05) is 0 Å². The molecule has 3 rings (SSSR count). The minimum absolute atomic E-state index is 0.199. The van der Waals surface area contributed by atoms with E-state index in [1.54, 1.807) is 14.0 Å². The Hall–Kier alpha value is -2.70. The lowest BCUT2D eigenvalue weighted by Gasteiger charge is -2.40. The highest BCUT2D eigenvalue weighted by Crippen LogP contribution is 2.25. The number of ether oxygens (including phenoxy) is 2. The highest BCUT2D eigenvalue weighted by atomic mass is 16.5. The van der Waals surface area contributed by atoms with E-state index in [9.17, 15) is 4.79 Å². The quantitative estimate of drug-likeness (QED) is 0.772. The Bertz CT molecular complexity index is 713. The van der Waals surface area contributed by atoms with Gasteiger partial charge < -0.3 is 23.7 Å². The predicted molar refractivity (Wildman–Crippen MR) is 94.5 cm³/mol. The molecule has 0 N–H and O–H groups in total. The Morgan fingerprint density at radius 2 is 2.08 bits per heavy atom. The van der Waals surface area contributed by atoms with Crippen molar-refractivity contribution < 1.29 is 18.7 Å². The lowest BCUT2D eigenvalue weighted by Crippen LogP contribution is -2.52. The predicted octanol–water partition coefficient (Wildman–Crippen LogP) is 2.58. The number of aromatic nitrogens is 1. The molecule has 2 aromatic rings. The maximum atomic E-state index is 11.7. The fourth-order valence-corrected chi connectivity index (χ4v) is 2.96. The lowest BCUT2D eigenvalue weighted by atomic mass is 10.1. The van der Waals surface area contributed by atoms with Crippen molar-refractivity contribution >= 4 is 17.7 Å². The van der Waals surface area contributed by atoms with Crippen LogP contribution < -0.4 is 14.5 Å².